The normalized spacial score (nSPS) is 23.0. The Hall–Kier alpha value is -0.960. The number of carbonyl (C=O) groups is 2. The van der Waals surface area contributed by atoms with Gasteiger partial charge in [0.1, 0.15) is 10.7 Å². The molecule has 2 saturated heterocycles. The Morgan fingerprint density at radius 2 is 1.26 bits per heavy atom. The Kier molecular flexibility index (Phi) is 5.87. The Bertz CT molecular complexity index is 778. The van der Waals surface area contributed by atoms with E-state index in [1.54, 1.807) is 46.2 Å². The van der Waals surface area contributed by atoms with E-state index in [0.717, 1.165) is 6.42 Å². The summed E-state index contributed by atoms with van der Waals surface area (Å²) in [5.41, 5.74) is 0. The molecule has 0 saturated carbocycles. The van der Waals surface area contributed by atoms with Crippen LogP contribution in [0.5, 0.6) is 0 Å². The van der Waals surface area contributed by atoms with Crippen molar-refractivity contribution in [2.75, 3.05) is 24.6 Å². The summed E-state index contributed by atoms with van der Waals surface area (Å²) < 4.78 is 0. The monoisotopic (exact) mass is 438 g/mol. The smallest absolute Gasteiger partial charge is 0.233 e. The van der Waals surface area contributed by atoms with Gasteiger partial charge in [-0.3, -0.25) is 9.59 Å². The van der Waals surface area contributed by atoms with E-state index in [9.17, 15) is 9.59 Å². The van der Waals surface area contributed by atoms with E-state index in [1.165, 1.54) is 19.5 Å². The molecule has 8 heteroatoms. The molecule has 2 aromatic rings. The molecule has 144 valence electrons. The van der Waals surface area contributed by atoms with Gasteiger partial charge >= 0.3 is 0 Å². The number of aryl methyl sites for hydroxylation is 2. The highest BCUT2D eigenvalue weighted by atomic mass is 32.2. The molecule has 4 heterocycles. The van der Waals surface area contributed by atoms with Crippen LogP contribution in [0.25, 0.3) is 0 Å². The van der Waals surface area contributed by atoms with Gasteiger partial charge in [-0.25, -0.2) is 0 Å². The van der Waals surface area contributed by atoms with Crippen molar-refractivity contribution in [3.8, 4) is 0 Å². The highest BCUT2D eigenvalue weighted by Crippen LogP contribution is 2.43. The molecule has 0 aromatic carbocycles. The summed E-state index contributed by atoms with van der Waals surface area (Å²) in [7, 11) is 0. The first-order valence-corrected chi connectivity index (χ1v) is 12.7. The molecule has 2 aliphatic heterocycles. The molecule has 2 aromatic heterocycles. The van der Waals surface area contributed by atoms with Gasteiger partial charge in [-0.2, -0.15) is 0 Å². The average Bonchev–Trinajstić information content (AvgIpc) is 3.39. The molecule has 2 fully saturated rings. The summed E-state index contributed by atoms with van der Waals surface area (Å²) in [5.74, 6) is 1.53. The molecule has 2 atom stereocenters. The van der Waals surface area contributed by atoms with Gasteiger partial charge in [0, 0.05) is 32.6 Å². The first-order chi connectivity index (χ1) is 13.0. The fraction of sp³-hybridized carbons (Fsp3) is 0.474. The van der Waals surface area contributed by atoms with Crippen LogP contribution >= 0.6 is 46.2 Å². The van der Waals surface area contributed by atoms with Crippen molar-refractivity contribution in [2.24, 2.45) is 0 Å². The van der Waals surface area contributed by atoms with Crippen LogP contribution in [-0.2, 0) is 9.59 Å². The molecule has 0 N–H and O–H groups in total. The van der Waals surface area contributed by atoms with E-state index < -0.39 is 0 Å². The number of hydrogen-bond acceptors (Lipinski definition) is 6. The molecule has 0 aliphatic carbocycles. The van der Waals surface area contributed by atoms with Gasteiger partial charge in [0.15, 0.2) is 0 Å². The minimum atomic E-state index is 0.135. The van der Waals surface area contributed by atoms with Gasteiger partial charge in [-0.05, 0) is 44.5 Å². The van der Waals surface area contributed by atoms with E-state index in [1.807, 2.05) is 9.80 Å². The summed E-state index contributed by atoms with van der Waals surface area (Å²) >= 11 is 6.96. The quantitative estimate of drug-likeness (QED) is 0.657. The van der Waals surface area contributed by atoms with Gasteiger partial charge in [-0.15, -0.1) is 46.2 Å². The number of thioether (sulfide) groups is 2. The Balaban J connectivity index is 1.39. The molecular weight excluding hydrogens is 416 g/mol. The summed E-state index contributed by atoms with van der Waals surface area (Å²) in [6.07, 6.45) is 0.820. The van der Waals surface area contributed by atoms with Gasteiger partial charge in [-0.1, -0.05) is 0 Å². The van der Waals surface area contributed by atoms with E-state index in [0.29, 0.717) is 24.6 Å². The second-order valence-electron chi connectivity index (χ2n) is 6.75. The molecule has 0 spiro atoms. The predicted octanol–water partition coefficient (Wildman–Crippen LogP) is 4.66. The van der Waals surface area contributed by atoms with Crippen LogP contribution in [0.3, 0.4) is 0 Å². The van der Waals surface area contributed by atoms with E-state index in [2.05, 4.69) is 38.1 Å². The van der Waals surface area contributed by atoms with Crippen LogP contribution in [0, 0.1) is 13.8 Å². The SMILES string of the molecule is Cc1ccc(C2SCC(=O)N2CCCN2C(=O)CSC2c2ccc(C)s2)s1. The Morgan fingerprint density at radius 1 is 0.815 bits per heavy atom. The van der Waals surface area contributed by atoms with E-state index in [4.69, 9.17) is 0 Å². The van der Waals surface area contributed by atoms with Crippen molar-refractivity contribution in [3.63, 3.8) is 0 Å². The zero-order valence-corrected chi connectivity index (χ0v) is 18.6. The van der Waals surface area contributed by atoms with Crippen molar-refractivity contribution in [2.45, 2.75) is 31.0 Å². The van der Waals surface area contributed by atoms with Gasteiger partial charge < -0.3 is 9.80 Å². The number of rotatable bonds is 6. The van der Waals surface area contributed by atoms with Crippen molar-refractivity contribution in [3.05, 3.63) is 43.8 Å². The van der Waals surface area contributed by atoms with E-state index >= 15 is 0 Å². The Labute approximate surface area is 176 Å². The summed E-state index contributed by atoms with van der Waals surface area (Å²) in [4.78, 5) is 33.8. The summed E-state index contributed by atoms with van der Waals surface area (Å²) in [5, 5.41) is 0.270. The zero-order valence-electron chi connectivity index (χ0n) is 15.3. The summed E-state index contributed by atoms with van der Waals surface area (Å²) in [6, 6.07) is 8.52. The highest BCUT2D eigenvalue weighted by Gasteiger charge is 2.35. The van der Waals surface area contributed by atoms with Gasteiger partial charge in [0.25, 0.3) is 0 Å². The second kappa shape index (κ2) is 8.19. The van der Waals surface area contributed by atoms with Crippen LogP contribution in [-0.4, -0.2) is 46.2 Å². The number of hydrogen-bond donors (Lipinski definition) is 0. The second-order valence-corrected chi connectivity index (χ2v) is 11.5. The lowest BCUT2D eigenvalue weighted by molar-refractivity contribution is -0.128. The lowest BCUT2D eigenvalue weighted by Gasteiger charge is -2.26. The van der Waals surface area contributed by atoms with Crippen LogP contribution < -0.4 is 0 Å². The molecule has 0 bridgehead atoms. The molecule has 27 heavy (non-hydrogen) atoms. The third-order valence-corrected chi connectivity index (χ3v) is 9.62. The largest absolute Gasteiger partial charge is 0.325 e. The van der Waals surface area contributed by atoms with Crippen molar-refractivity contribution in [1.29, 1.82) is 0 Å². The minimum absolute atomic E-state index is 0.135. The molecule has 2 aliphatic rings. The lowest BCUT2D eigenvalue weighted by atomic mass is 10.3. The first kappa shape index (κ1) is 19.4. The van der Waals surface area contributed by atoms with Crippen molar-refractivity contribution < 1.29 is 9.59 Å². The third kappa shape index (κ3) is 4.09. The lowest BCUT2D eigenvalue weighted by Crippen LogP contribution is -2.34. The van der Waals surface area contributed by atoms with Gasteiger partial charge in [0.05, 0.1) is 11.5 Å². The summed E-state index contributed by atoms with van der Waals surface area (Å²) in [6.45, 7) is 5.61. The molecule has 4 nitrogen and oxygen atoms in total. The molecular formula is C19H22N2O2S4. The van der Waals surface area contributed by atoms with Crippen LogP contribution in [0.2, 0.25) is 0 Å². The zero-order chi connectivity index (χ0) is 19.0. The van der Waals surface area contributed by atoms with Crippen LogP contribution in [0.15, 0.2) is 24.3 Å². The number of nitrogens with zero attached hydrogens (tertiary/aromatic N) is 2. The Morgan fingerprint density at radius 3 is 1.63 bits per heavy atom. The molecule has 2 amide bonds. The number of carbonyl (C=O) groups excluding carboxylic acids is 2. The molecule has 4 rings (SSSR count). The van der Waals surface area contributed by atoms with Crippen molar-refractivity contribution >= 4 is 58.0 Å². The fourth-order valence-corrected chi connectivity index (χ4v) is 8.11. The maximum absolute atomic E-state index is 12.4. The topological polar surface area (TPSA) is 40.6 Å². The first-order valence-electron chi connectivity index (χ1n) is 8.98. The van der Waals surface area contributed by atoms with Crippen LogP contribution in [0.4, 0.5) is 0 Å². The van der Waals surface area contributed by atoms with Crippen LogP contribution in [0.1, 0.15) is 36.7 Å². The molecule has 0 radical (unpaired) electrons. The van der Waals surface area contributed by atoms with E-state index in [-0.39, 0.29) is 22.6 Å². The highest BCUT2D eigenvalue weighted by molar-refractivity contribution is 8.01. The predicted molar refractivity (Wildman–Crippen MR) is 117 cm³/mol. The average molecular weight is 439 g/mol. The maximum atomic E-state index is 12.4. The van der Waals surface area contributed by atoms with Crippen molar-refractivity contribution in [1.82, 2.24) is 9.80 Å². The molecule has 2 unspecified atom stereocenters. The fourth-order valence-electron chi connectivity index (χ4n) is 3.45. The minimum Gasteiger partial charge on any atom is -0.325 e. The maximum Gasteiger partial charge on any atom is 0.233 e. The standard InChI is InChI=1S/C19H22N2O2S4/c1-12-4-6-14(26-12)18-20(16(22)10-24-18)8-3-9-21-17(23)11-25-19(21)15-7-5-13(2)27-15/h4-7,18-19H,3,8-11H2,1-2H3. The van der Waals surface area contributed by atoms with Gasteiger partial charge in [0.2, 0.25) is 11.8 Å². The third-order valence-electron chi connectivity index (χ3n) is 4.74. The number of amides is 2. The number of thiophene rings is 2.